The molecule has 2 aliphatic rings. The van der Waals surface area contributed by atoms with Crippen molar-refractivity contribution >= 4 is 34.9 Å². The molecule has 1 aromatic carbocycles. The van der Waals surface area contributed by atoms with Crippen LogP contribution in [0.15, 0.2) is 42.7 Å². The number of benzene rings is 1. The zero-order valence-corrected chi connectivity index (χ0v) is 17.4. The molecule has 0 radical (unpaired) electrons. The highest BCUT2D eigenvalue weighted by Crippen LogP contribution is 2.29. The number of halogens is 1. The van der Waals surface area contributed by atoms with Crippen LogP contribution in [0.5, 0.6) is 0 Å². The summed E-state index contributed by atoms with van der Waals surface area (Å²) < 4.78 is 0. The molecular weight excluding hydrogens is 404 g/mol. The van der Waals surface area contributed by atoms with Gasteiger partial charge in [0, 0.05) is 63.9 Å². The van der Waals surface area contributed by atoms with Gasteiger partial charge in [-0.15, -0.1) is 0 Å². The minimum atomic E-state index is -0.128. The number of nitrogens with zero attached hydrogens (tertiary/aromatic N) is 4. The highest BCUT2D eigenvalue weighted by atomic mass is 35.5. The monoisotopic (exact) mass is 428 g/mol. The lowest BCUT2D eigenvalue weighted by Crippen LogP contribution is -2.49. The van der Waals surface area contributed by atoms with Gasteiger partial charge in [-0.05, 0) is 29.8 Å². The molecule has 2 aliphatic heterocycles. The number of pyridine rings is 1. The van der Waals surface area contributed by atoms with Gasteiger partial charge >= 0.3 is 6.03 Å². The molecule has 0 bridgehead atoms. The van der Waals surface area contributed by atoms with Crippen LogP contribution in [0.3, 0.4) is 0 Å². The topological polar surface area (TPSA) is 80.8 Å². The quantitative estimate of drug-likeness (QED) is 0.778. The highest BCUT2D eigenvalue weighted by Gasteiger charge is 2.22. The van der Waals surface area contributed by atoms with Crippen molar-refractivity contribution in [3.05, 3.63) is 53.3 Å². The zero-order valence-electron chi connectivity index (χ0n) is 16.7. The summed E-state index contributed by atoms with van der Waals surface area (Å²) in [6.07, 6.45) is 3.65. The number of carbonyl (C=O) groups is 2. The second-order valence-electron chi connectivity index (χ2n) is 7.49. The normalized spacial score (nSPS) is 17.6. The number of hydrogen-bond acceptors (Lipinski definition) is 5. The maximum absolute atomic E-state index is 12.7. The van der Waals surface area contributed by atoms with Gasteiger partial charge in [-0.1, -0.05) is 17.7 Å². The number of aromatic nitrogens is 1. The number of carbonyl (C=O) groups excluding carboxylic acids is 2. The number of amides is 3. The Bertz CT molecular complexity index is 902. The highest BCUT2D eigenvalue weighted by molar-refractivity contribution is 6.33. The smallest absolute Gasteiger partial charge is 0.321 e. The van der Waals surface area contributed by atoms with Gasteiger partial charge in [0.25, 0.3) is 0 Å². The molecule has 3 amide bonds. The van der Waals surface area contributed by atoms with Crippen molar-refractivity contribution < 1.29 is 9.59 Å². The second-order valence-corrected chi connectivity index (χ2v) is 7.90. The third kappa shape index (κ3) is 5.01. The maximum atomic E-state index is 12.7. The summed E-state index contributed by atoms with van der Waals surface area (Å²) in [5, 5.41) is 6.25. The van der Waals surface area contributed by atoms with Gasteiger partial charge in [0.05, 0.1) is 17.3 Å². The molecule has 0 saturated carbocycles. The molecule has 0 spiro atoms. The molecule has 0 aliphatic carbocycles. The van der Waals surface area contributed by atoms with Crippen LogP contribution < -0.4 is 15.5 Å². The van der Waals surface area contributed by atoms with E-state index in [2.05, 4.69) is 26.6 Å². The van der Waals surface area contributed by atoms with Crippen molar-refractivity contribution in [3.8, 4) is 0 Å². The third-order valence-corrected chi connectivity index (χ3v) is 5.67. The molecule has 1 aromatic heterocycles. The minimum absolute atomic E-state index is 0.0163. The summed E-state index contributed by atoms with van der Waals surface area (Å²) in [4.78, 5) is 34.5. The first-order valence-corrected chi connectivity index (χ1v) is 10.4. The fraction of sp³-hybridized carbons (Fsp3) is 0.381. The summed E-state index contributed by atoms with van der Waals surface area (Å²) in [5.74, 6) is -0.0163. The van der Waals surface area contributed by atoms with Crippen molar-refractivity contribution in [2.24, 2.45) is 0 Å². The number of nitrogens with one attached hydrogen (secondary N) is 2. The van der Waals surface area contributed by atoms with E-state index in [1.807, 2.05) is 34.2 Å². The molecule has 3 heterocycles. The van der Waals surface area contributed by atoms with E-state index in [4.69, 9.17) is 11.6 Å². The predicted molar refractivity (Wildman–Crippen MR) is 117 cm³/mol. The summed E-state index contributed by atoms with van der Waals surface area (Å²) in [6.45, 7) is 5.41. The number of piperazine rings is 2. The SMILES string of the molecule is O=C1CN(c2ccc(NC(=O)N3CCN(Cc4cccnc4)CC3)cc2Cl)CCN1. The number of rotatable bonds is 4. The Labute approximate surface area is 180 Å². The van der Waals surface area contributed by atoms with Crippen LogP contribution in [0.2, 0.25) is 5.02 Å². The first kappa shape index (κ1) is 20.4. The lowest BCUT2D eigenvalue weighted by atomic mass is 10.2. The van der Waals surface area contributed by atoms with E-state index in [-0.39, 0.29) is 18.5 Å². The molecule has 0 unspecified atom stereocenters. The third-order valence-electron chi connectivity index (χ3n) is 5.37. The Balaban J connectivity index is 1.30. The van der Waals surface area contributed by atoms with Gasteiger partial charge in [-0.25, -0.2) is 4.79 Å². The molecule has 2 aromatic rings. The van der Waals surface area contributed by atoms with Gasteiger partial charge in [-0.2, -0.15) is 0 Å². The fourth-order valence-corrected chi connectivity index (χ4v) is 4.05. The van der Waals surface area contributed by atoms with E-state index in [0.29, 0.717) is 36.9 Å². The Hall–Kier alpha value is -2.84. The van der Waals surface area contributed by atoms with Crippen LogP contribution >= 0.6 is 11.6 Å². The summed E-state index contributed by atoms with van der Waals surface area (Å²) in [6, 6.07) is 9.29. The molecule has 2 fully saturated rings. The van der Waals surface area contributed by atoms with Crippen LogP contribution in [-0.4, -0.2) is 72.5 Å². The molecule has 2 N–H and O–H groups in total. The molecule has 4 rings (SSSR count). The number of anilines is 2. The zero-order chi connectivity index (χ0) is 20.9. The van der Waals surface area contributed by atoms with Gasteiger partial charge in [0.1, 0.15) is 0 Å². The van der Waals surface area contributed by atoms with Crippen molar-refractivity contribution in [1.82, 2.24) is 20.1 Å². The molecule has 8 nitrogen and oxygen atoms in total. The van der Waals surface area contributed by atoms with E-state index in [9.17, 15) is 9.59 Å². The van der Waals surface area contributed by atoms with E-state index < -0.39 is 0 Å². The average Bonchev–Trinajstić information content (AvgIpc) is 2.75. The summed E-state index contributed by atoms with van der Waals surface area (Å²) in [7, 11) is 0. The molecule has 9 heteroatoms. The van der Waals surface area contributed by atoms with Crippen LogP contribution in [-0.2, 0) is 11.3 Å². The van der Waals surface area contributed by atoms with Crippen LogP contribution in [0.4, 0.5) is 16.2 Å². The van der Waals surface area contributed by atoms with Gasteiger partial charge in [-0.3, -0.25) is 14.7 Å². The number of urea groups is 1. The standard InChI is InChI=1S/C21H25ClN6O2/c22-18-12-17(3-4-19(18)28-7-6-24-20(29)15-28)25-21(30)27-10-8-26(9-11-27)14-16-2-1-5-23-13-16/h1-5,12-13H,6-11,14-15H2,(H,24,29)(H,25,30). The largest absolute Gasteiger partial charge is 0.359 e. The predicted octanol–water partition coefficient (Wildman–Crippen LogP) is 2.02. The summed E-state index contributed by atoms with van der Waals surface area (Å²) in [5.41, 5.74) is 2.62. The van der Waals surface area contributed by atoms with E-state index in [1.54, 1.807) is 12.3 Å². The van der Waals surface area contributed by atoms with Gasteiger partial charge in [0.2, 0.25) is 5.91 Å². The average molecular weight is 429 g/mol. The van der Waals surface area contributed by atoms with Crippen LogP contribution in [0, 0.1) is 0 Å². The van der Waals surface area contributed by atoms with Gasteiger partial charge in [0.15, 0.2) is 0 Å². The van der Waals surface area contributed by atoms with Crippen molar-refractivity contribution in [2.75, 3.05) is 56.0 Å². The van der Waals surface area contributed by atoms with Crippen LogP contribution in [0.1, 0.15) is 5.56 Å². The van der Waals surface area contributed by atoms with E-state index in [1.165, 1.54) is 5.56 Å². The second kappa shape index (κ2) is 9.32. The first-order chi connectivity index (χ1) is 14.6. The van der Waals surface area contributed by atoms with E-state index in [0.717, 1.165) is 25.3 Å². The van der Waals surface area contributed by atoms with Crippen LogP contribution in [0.25, 0.3) is 0 Å². The maximum Gasteiger partial charge on any atom is 0.321 e. The van der Waals surface area contributed by atoms with Gasteiger partial charge < -0.3 is 20.4 Å². The molecule has 30 heavy (non-hydrogen) atoms. The Morgan fingerprint density at radius 1 is 1.17 bits per heavy atom. The minimum Gasteiger partial charge on any atom is -0.359 e. The summed E-state index contributed by atoms with van der Waals surface area (Å²) >= 11 is 6.43. The molecule has 2 saturated heterocycles. The Kier molecular flexibility index (Phi) is 6.35. The fourth-order valence-electron chi connectivity index (χ4n) is 3.75. The van der Waals surface area contributed by atoms with Crippen molar-refractivity contribution in [1.29, 1.82) is 0 Å². The molecule has 158 valence electrons. The molecular formula is C21H25ClN6O2. The van der Waals surface area contributed by atoms with E-state index >= 15 is 0 Å². The molecule has 0 atom stereocenters. The lowest BCUT2D eigenvalue weighted by molar-refractivity contribution is -0.120. The van der Waals surface area contributed by atoms with Crippen molar-refractivity contribution in [2.45, 2.75) is 6.54 Å². The van der Waals surface area contributed by atoms with Crippen molar-refractivity contribution in [3.63, 3.8) is 0 Å². The Morgan fingerprint density at radius 3 is 2.70 bits per heavy atom. The first-order valence-electron chi connectivity index (χ1n) is 10.1. The number of hydrogen-bond donors (Lipinski definition) is 2. The lowest BCUT2D eigenvalue weighted by Gasteiger charge is -2.34. The Morgan fingerprint density at radius 2 is 2.00 bits per heavy atom.